The summed E-state index contributed by atoms with van der Waals surface area (Å²) in [6.07, 6.45) is 9.97. The normalized spacial score (nSPS) is 30.5. The van der Waals surface area contributed by atoms with E-state index >= 15 is 0 Å². The maximum Gasteiger partial charge on any atom is 0.0120 e. The molecule has 0 aromatic carbocycles. The standard InChI is InChI=1S/C15H28N2S/c18-13-15(6-7-15)12-16-10-4-14(5-11-16)17-8-2-1-3-9-17/h14,18H,1-13H2. The van der Waals surface area contributed by atoms with Gasteiger partial charge >= 0.3 is 0 Å². The van der Waals surface area contributed by atoms with Crippen molar-refractivity contribution in [1.29, 1.82) is 0 Å². The van der Waals surface area contributed by atoms with Gasteiger partial charge in [0.1, 0.15) is 0 Å². The summed E-state index contributed by atoms with van der Waals surface area (Å²) in [7, 11) is 0. The number of hydrogen-bond acceptors (Lipinski definition) is 3. The lowest BCUT2D eigenvalue weighted by Gasteiger charge is -2.41. The Kier molecular flexibility index (Phi) is 4.21. The zero-order valence-electron chi connectivity index (χ0n) is 11.6. The molecule has 1 aliphatic carbocycles. The Balaban J connectivity index is 1.43. The van der Waals surface area contributed by atoms with Crippen molar-refractivity contribution in [3.05, 3.63) is 0 Å². The van der Waals surface area contributed by atoms with Gasteiger partial charge in [-0.05, 0) is 75.9 Å². The van der Waals surface area contributed by atoms with Crippen molar-refractivity contribution in [1.82, 2.24) is 9.80 Å². The second-order valence-corrected chi connectivity index (χ2v) is 7.08. The quantitative estimate of drug-likeness (QED) is 0.783. The molecule has 3 fully saturated rings. The Morgan fingerprint density at radius 1 is 0.944 bits per heavy atom. The first-order chi connectivity index (χ1) is 8.81. The first kappa shape index (κ1) is 13.3. The van der Waals surface area contributed by atoms with Crippen molar-refractivity contribution < 1.29 is 0 Å². The molecular formula is C15H28N2S. The van der Waals surface area contributed by atoms with Crippen LogP contribution in [0.2, 0.25) is 0 Å². The Morgan fingerprint density at radius 3 is 2.17 bits per heavy atom. The molecule has 2 saturated heterocycles. The summed E-state index contributed by atoms with van der Waals surface area (Å²) in [6, 6.07) is 0.896. The van der Waals surface area contributed by atoms with Gasteiger partial charge in [0.25, 0.3) is 0 Å². The van der Waals surface area contributed by atoms with Gasteiger partial charge in [-0.15, -0.1) is 0 Å². The third-order valence-corrected chi connectivity index (χ3v) is 5.99. The van der Waals surface area contributed by atoms with Gasteiger partial charge in [-0.1, -0.05) is 6.42 Å². The number of rotatable bonds is 4. The number of piperidine rings is 2. The highest BCUT2D eigenvalue weighted by molar-refractivity contribution is 7.80. The van der Waals surface area contributed by atoms with Crippen LogP contribution in [0.25, 0.3) is 0 Å². The third kappa shape index (κ3) is 3.05. The topological polar surface area (TPSA) is 6.48 Å². The molecule has 2 nitrogen and oxygen atoms in total. The van der Waals surface area contributed by atoms with Crippen molar-refractivity contribution in [2.24, 2.45) is 5.41 Å². The molecule has 3 aliphatic rings. The van der Waals surface area contributed by atoms with E-state index < -0.39 is 0 Å². The molecule has 0 radical (unpaired) electrons. The second kappa shape index (κ2) is 5.72. The van der Waals surface area contributed by atoms with Crippen molar-refractivity contribution >= 4 is 12.6 Å². The van der Waals surface area contributed by atoms with Crippen LogP contribution in [0.5, 0.6) is 0 Å². The van der Waals surface area contributed by atoms with Crippen molar-refractivity contribution in [3.63, 3.8) is 0 Å². The highest BCUT2D eigenvalue weighted by Gasteiger charge is 2.43. The molecule has 18 heavy (non-hydrogen) atoms. The highest BCUT2D eigenvalue weighted by Crippen LogP contribution is 2.47. The second-order valence-electron chi connectivity index (χ2n) is 6.76. The van der Waals surface area contributed by atoms with Crippen molar-refractivity contribution in [2.45, 2.75) is 51.0 Å². The molecule has 0 aromatic heterocycles. The van der Waals surface area contributed by atoms with Crippen LogP contribution in [-0.4, -0.2) is 54.3 Å². The van der Waals surface area contributed by atoms with Gasteiger partial charge in [0.05, 0.1) is 0 Å². The van der Waals surface area contributed by atoms with E-state index in [9.17, 15) is 0 Å². The maximum absolute atomic E-state index is 4.53. The van der Waals surface area contributed by atoms with Crippen LogP contribution in [0.1, 0.15) is 44.9 Å². The molecule has 0 N–H and O–H groups in total. The van der Waals surface area contributed by atoms with Crippen LogP contribution < -0.4 is 0 Å². The average Bonchev–Trinajstić information content (AvgIpc) is 3.21. The van der Waals surface area contributed by atoms with Crippen LogP contribution in [0, 0.1) is 5.41 Å². The van der Waals surface area contributed by atoms with E-state index in [1.54, 1.807) is 0 Å². The third-order valence-electron chi connectivity index (χ3n) is 5.32. The number of hydrogen-bond donors (Lipinski definition) is 1. The van der Waals surface area contributed by atoms with E-state index in [2.05, 4.69) is 22.4 Å². The van der Waals surface area contributed by atoms with Gasteiger partial charge in [0.15, 0.2) is 0 Å². The van der Waals surface area contributed by atoms with Crippen LogP contribution in [0.4, 0.5) is 0 Å². The van der Waals surface area contributed by atoms with Gasteiger partial charge < -0.3 is 9.80 Å². The largest absolute Gasteiger partial charge is 0.303 e. The van der Waals surface area contributed by atoms with Crippen LogP contribution >= 0.6 is 12.6 Å². The highest BCUT2D eigenvalue weighted by atomic mass is 32.1. The summed E-state index contributed by atoms with van der Waals surface area (Å²) in [4.78, 5) is 5.48. The number of likely N-dealkylation sites (tertiary alicyclic amines) is 2. The Morgan fingerprint density at radius 2 is 1.61 bits per heavy atom. The lowest BCUT2D eigenvalue weighted by molar-refractivity contribution is 0.0849. The summed E-state index contributed by atoms with van der Waals surface area (Å²) >= 11 is 4.53. The molecule has 0 spiro atoms. The monoisotopic (exact) mass is 268 g/mol. The molecule has 0 atom stereocenters. The van der Waals surface area contributed by atoms with Gasteiger partial charge in [0, 0.05) is 12.6 Å². The molecule has 3 rings (SSSR count). The predicted molar refractivity (Wildman–Crippen MR) is 80.4 cm³/mol. The van der Waals surface area contributed by atoms with E-state index in [4.69, 9.17) is 0 Å². The minimum atomic E-state index is 0.612. The van der Waals surface area contributed by atoms with Crippen LogP contribution in [0.3, 0.4) is 0 Å². The lowest BCUT2D eigenvalue weighted by Crippen LogP contribution is -2.47. The van der Waals surface area contributed by atoms with E-state index in [-0.39, 0.29) is 0 Å². The molecule has 2 heterocycles. The summed E-state index contributed by atoms with van der Waals surface area (Å²) in [5.74, 6) is 1.10. The molecule has 3 heteroatoms. The Labute approximate surface area is 118 Å². The summed E-state index contributed by atoms with van der Waals surface area (Å²) in [6.45, 7) is 6.72. The van der Waals surface area contributed by atoms with Crippen LogP contribution in [-0.2, 0) is 0 Å². The smallest absolute Gasteiger partial charge is 0.0120 e. The molecule has 1 saturated carbocycles. The average molecular weight is 268 g/mol. The van der Waals surface area contributed by atoms with Gasteiger partial charge in [0.2, 0.25) is 0 Å². The van der Waals surface area contributed by atoms with E-state index in [1.807, 2.05) is 0 Å². The zero-order valence-corrected chi connectivity index (χ0v) is 12.5. The first-order valence-electron chi connectivity index (χ1n) is 7.89. The predicted octanol–water partition coefficient (Wildman–Crippen LogP) is 2.65. The number of nitrogens with zero attached hydrogens (tertiary/aromatic N) is 2. The van der Waals surface area contributed by atoms with E-state index in [0.717, 1.165) is 11.8 Å². The van der Waals surface area contributed by atoms with E-state index in [1.165, 1.54) is 77.7 Å². The minimum Gasteiger partial charge on any atom is -0.303 e. The van der Waals surface area contributed by atoms with Crippen molar-refractivity contribution in [3.8, 4) is 0 Å². The van der Waals surface area contributed by atoms with Gasteiger partial charge in [-0.25, -0.2) is 0 Å². The SMILES string of the molecule is SCC1(CN2CCC(N3CCCCC3)CC2)CC1. The molecule has 0 unspecified atom stereocenters. The summed E-state index contributed by atoms with van der Waals surface area (Å²) in [5.41, 5.74) is 0.612. The van der Waals surface area contributed by atoms with Crippen molar-refractivity contribution in [2.75, 3.05) is 38.5 Å². The molecule has 104 valence electrons. The van der Waals surface area contributed by atoms with Gasteiger partial charge in [-0.2, -0.15) is 12.6 Å². The summed E-state index contributed by atoms with van der Waals surface area (Å²) < 4.78 is 0. The lowest BCUT2D eigenvalue weighted by atomic mass is 9.98. The minimum absolute atomic E-state index is 0.612. The van der Waals surface area contributed by atoms with Crippen LogP contribution in [0.15, 0.2) is 0 Å². The Hall–Kier alpha value is 0.270. The Bertz CT molecular complexity index is 264. The molecule has 0 bridgehead atoms. The van der Waals surface area contributed by atoms with Gasteiger partial charge in [-0.3, -0.25) is 0 Å². The molecular weight excluding hydrogens is 240 g/mol. The fourth-order valence-corrected chi connectivity index (χ4v) is 4.16. The first-order valence-corrected chi connectivity index (χ1v) is 8.52. The maximum atomic E-state index is 4.53. The fourth-order valence-electron chi connectivity index (χ4n) is 3.74. The molecule has 2 aliphatic heterocycles. The van der Waals surface area contributed by atoms with E-state index in [0.29, 0.717) is 5.41 Å². The number of thiol groups is 1. The fraction of sp³-hybridized carbons (Fsp3) is 1.00. The molecule has 0 amide bonds. The zero-order chi connectivity index (χ0) is 12.4. The molecule has 0 aromatic rings. The summed E-state index contributed by atoms with van der Waals surface area (Å²) in [5, 5.41) is 0.